The van der Waals surface area contributed by atoms with Gasteiger partial charge in [-0.05, 0) is 93.0 Å². The minimum Gasteiger partial charge on any atom is -0.310 e. The lowest BCUT2D eigenvalue weighted by atomic mass is 9.67. The molecule has 51 heavy (non-hydrogen) atoms. The molecule has 8 aromatic carbocycles. The molecule has 10 rings (SSSR count). The molecule has 1 nitrogen and oxygen atoms in total. The molecule has 2 heteroatoms. The lowest BCUT2D eigenvalue weighted by molar-refractivity contribution is 0.770. The van der Waals surface area contributed by atoms with Gasteiger partial charge in [-0.3, -0.25) is 0 Å². The summed E-state index contributed by atoms with van der Waals surface area (Å²) in [6.07, 6.45) is 0. The van der Waals surface area contributed by atoms with E-state index in [1.54, 1.807) is 0 Å². The molecule has 0 radical (unpaired) electrons. The van der Waals surface area contributed by atoms with Gasteiger partial charge in [0.05, 0.1) is 5.41 Å². The fourth-order valence-electron chi connectivity index (χ4n) is 8.33. The molecule has 1 aliphatic carbocycles. The van der Waals surface area contributed by atoms with Crippen LogP contribution in [-0.4, -0.2) is 0 Å². The van der Waals surface area contributed by atoms with Gasteiger partial charge >= 0.3 is 0 Å². The summed E-state index contributed by atoms with van der Waals surface area (Å²) in [7, 11) is 0. The fourth-order valence-corrected chi connectivity index (χ4v) is 9.45. The monoisotopic (exact) mass is 667 g/mol. The average molecular weight is 668 g/mol. The van der Waals surface area contributed by atoms with E-state index in [0.717, 1.165) is 17.1 Å². The van der Waals surface area contributed by atoms with Crippen molar-refractivity contribution in [3.63, 3.8) is 0 Å². The summed E-state index contributed by atoms with van der Waals surface area (Å²) in [5.74, 6) is 0. The van der Waals surface area contributed by atoms with Gasteiger partial charge in [0.1, 0.15) is 0 Å². The number of benzene rings is 8. The van der Waals surface area contributed by atoms with E-state index in [1.807, 2.05) is 11.3 Å². The smallest absolute Gasteiger partial charge is 0.0713 e. The number of nitrogens with zero attached hydrogens (tertiary/aromatic N) is 1. The van der Waals surface area contributed by atoms with Crippen LogP contribution in [0.3, 0.4) is 0 Å². The van der Waals surface area contributed by atoms with Gasteiger partial charge in [0, 0.05) is 37.2 Å². The van der Waals surface area contributed by atoms with Crippen LogP contribution in [0.25, 0.3) is 42.4 Å². The predicted octanol–water partition coefficient (Wildman–Crippen LogP) is 13.6. The van der Waals surface area contributed by atoms with Gasteiger partial charge in [0.2, 0.25) is 0 Å². The Balaban J connectivity index is 1.15. The van der Waals surface area contributed by atoms with Gasteiger partial charge in [-0.25, -0.2) is 0 Å². The van der Waals surface area contributed by atoms with Crippen LogP contribution < -0.4 is 4.90 Å². The molecular weight excluding hydrogens is 635 g/mol. The first-order valence-corrected chi connectivity index (χ1v) is 18.3. The zero-order chi connectivity index (χ0) is 33.8. The van der Waals surface area contributed by atoms with Crippen molar-refractivity contribution in [2.24, 2.45) is 0 Å². The summed E-state index contributed by atoms with van der Waals surface area (Å²) >= 11 is 1.87. The van der Waals surface area contributed by atoms with Crippen molar-refractivity contribution in [3.05, 3.63) is 222 Å². The van der Waals surface area contributed by atoms with Gasteiger partial charge in [0.15, 0.2) is 0 Å². The Labute approximate surface area is 302 Å². The van der Waals surface area contributed by atoms with Crippen LogP contribution >= 0.6 is 11.3 Å². The molecule has 1 aromatic heterocycles. The molecule has 0 saturated heterocycles. The summed E-state index contributed by atoms with van der Waals surface area (Å²) in [6, 6.07) is 73.4. The zero-order valence-corrected chi connectivity index (χ0v) is 28.7. The van der Waals surface area contributed by atoms with Crippen LogP contribution in [-0.2, 0) is 5.41 Å². The fraction of sp³-hybridized carbons (Fsp3) is 0.0204. The molecule has 0 unspecified atom stereocenters. The first-order valence-electron chi connectivity index (χ1n) is 17.5. The molecule has 1 aliphatic rings. The SMILES string of the molecule is c1ccc(-c2cccc(N(c3ccccc3)c3ccc4c(c3)sc3ccc(C5(c6ccccc6)c6ccccc6-c6ccccc65)cc34)c2)cc1. The van der Waals surface area contributed by atoms with Crippen LogP contribution in [0.5, 0.6) is 0 Å². The van der Waals surface area contributed by atoms with E-state index < -0.39 is 5.41 Å². The number of thiophene rings is 1. The molecule has 0 amide bonds. The summed E-state index contributed by atoms with van der Waals surface area (Å²) in [5, 5.41) is 2.59. The maximum Gasteiger partial charge on any atom is 0.0713 e. The Hall–Kier alpha value is -6.22. The van der Waals surface area contributed by atoms with Crippen molar-refractivity contribution in [2.75, 3.05) is 4.90 Å². The summed E-state index contributed by atoms with van der Waals surface area (Å²) in [6.45, 7) is 0. The molecule has 9 aromatic rings. The Morgan fingerprint density at radius 2 is 0.941 bits per heavy atom. The molecule has 0 aliphatic heterocycles. The van der Waals surface area contributed by atoms with Gasteiger partial charge in [-0.1, -0.05) is 152 Å². The van der Waals surface area contributed by atoms with Gasteiger partial charge in [0.25, 0.3) is 0 Å². The maximum absolute atomic E-state index is 2.47. The second-order valence-corrected chi connectivity index (χ2v) is 14.4. The van der Waals surface area contributed by atoms with Crippen molar-refractivity contribution in [1.29, 1.82) is 0 Å². The Morgan fingerprint density at radius 1 is 0.353 bits per heavy atom. The minimum atomic E-state index is -0.412. The normalized spacial score (nSPS) is 12.9. The average Bonchev–Trinajstić information content (AvgIpc) is 3.72. The second kappa shape index (κ2) is 12.0. The quantitative estimate of drug-likeness (QED) is 0.171. The number of fused-ring (bicyclic) bond motifs is 6. The molecule has 0 bridgehead atoms. The van der Waals surface area contributed by atoms with Crippen LogP contribution in [0.2, 0.25) is 0 Å². The Kier molecular flexibility index (Phi) is 6.97. The van der Waals surface area contributed by atoms with Crippen molar-refractivity contribution < 1.29 is 0 Å². The molecule has 240 valence electrons. The van der Waals surface area contributed by atoms with E-state index in [2.05, 4.69) is 205 Å². The Bertz CT molecular complexity index is 2650. The van der Waals surface area contributed by atoms with Gasteiger partial charge in [-0.15, -0.1) is 11.3 Å². The molecule has 1 heterocycles. The summed E-state index contributed by atoms with van der Waals surface area (Å²) in [4.78, 5) is 2.37. The topological polar surface area (TPSA) is 3.24 Å². The van der Waals surface area contributed by atoms with E-state index in [-0.39, 0.29) is 0 Å². The van der Waals surface area contributed by atoms with Crippen molar-refractivity contribution in [1.82, 2.24) is 0 Å². The molecule has 0 N–H and O–H groups in total. The van der Waals surface area contributed by atoms with Gasteiger partial charge < -0.3 is 4.90 Å². The highest BCUT2D eigenvalue weighted by molar-refractivity contribution is 7.25. The van der Waals surface area contributed by atoms with Crippen LogP contribution in [0, 0.1) is 0 Å². The van der Waals surface area contributed by atoms with Gasteiger partial charge in [-0.2, -0.15) is 0 Å². The molecular formula is C49H33NS. The van der Waals surface area contributed by atoms with E-state index in [0.29, 0.717) is 0 Å². The van der Waals surface area contributed by atoms with E-state index in [1.165, 1.54) is 64.7 Å². The minimum absolute atomic E-state index is 0.412. The zero-order valence-electron chi connectivity index (χ0n) is 27.9. The molecule has 0 fully saturated rings. The summed E-state index contributed by atoms with van der Waals surface area (Å²) < 4.78 is 2.58. The molecule has 0 saturated carbocycles. The number of rotatable bonds is 6. The molecule has 0 spiro atoms. The van der Waals surface area contributed by atoms with E-state index >= 15 is 0 Å². The van der Waals surface area contributed by atoms with Crippen LogP contribution in [0.4, 0.5) is 17.1 Å². The number of para-hydroxylation sites is 1. The number of hydrogen-bond acceptors (Lipinski definition) is 2. The van der Waals surface area contributed by atoms with Crippen molar-refractivity contribution in [2.45, 2.75) is 5.41 Å². The van der Waals surface area contributed by atoms with Crippen molar-refractivity contribution in [3.8, 4) is 22.3 Å². The first kappa shape index (κ1) is 29.7. The van der Waals surface area contributed by atoms with Crippen LogP contribution in [0.15, 0.2) is 200 Å². The van der Waals surface area contributed by atoms with E-state index in [9.17, 15) is 0 Å². The van der Waals surface area contributed by atoms with E-state index in [4.69, 9.17) is 0 Å². The maximum atomic E-state index is 2.47. The third kappa shape index (κ3) is 4.68. The highest BCUT2D eigenvalue weighted by Gasteiger charge is 2.45. The van der Waals surface area contributed by atoms with Crippen molar-refractivity contribution >= 4 is 48.6 Å². The first-order chi connectivity index (χ1) is 25.3. The molecule has 0 atom stereocenters. The highest BCUT2D eigenvalue weighted by Crippen LogP contribution is 2.56. The Morgan fingerprint density at radius 3 is 1.67 bits per heavy atom. The lowest BCUT2D eigenvalue weighted by Crippen LogP contribution is -2.28. The third-order valence-corrected chi connectivity index (χ3v) is 11.7. The highest BCUT2D eigenvalue weighted by atomic mass is 32.1. The number of anilines is 3. The number of hydrogen-bond donors (Lipinski definition) is 0. The standard InChI is InChI=1S/C49H33NS/c1-4-15-34(16-5-1)35-17-14-22-39(31-35)50(38-20-8-3-9-21-38)40-28-29-43-44-32-37(27-30-47(44)51-48(43)33-40)49(36-18-6-2-7-19-36)45-25-12-10-23-41(45)42-24-11-13-26-46(42)49/h1-33H. The largest absolute Gasteiger partial charge is 0.310 e. The van der Waals surface area contributed by atoms with Crippen LogP contribution in [0.1, 0.15) is 22.3 Å². The summed E-state index contributed by atoms with van der Waals surface area (Å²) in [5.41, 5.74) is 13.3. The predicted molar refractivity (Wildman–Crippen MR) is 217 cm³/mol. The lowest BCUT2D eigenvalue weighted by Gasteiger charge is -2.34. The third-order valence-electron chi connectivity index (χ3n) is 10.5. The second-order valence-electron chi connectivity index (χ2n) is 13.3.